The number of anilines is 1. The molecule has 1 aliphatic rings. The number of amides is 2. The fraction of sp³-hybridized carbons (Fsp3) is 0.429. The van der Waals surface area contributed by atoms with E-state index in [1.807, 2.05) is 12.1 Å². The highest BCUT2D eigenvalue weighted by Crippen LogP contribution is 2.19. The number of hydrogen-bond acceptors (Lipinski definition) is 4. The molecule has 1 saturated heterocycles. The predicted octanol–water partition coefficient (Wildman–Crippen LogP) is 3.09. The van der Waals surface area contributed by atoms with Crippen molar-refractivity contribution in [3.8, 4) is 0 Å². The van der Waals surface area contributed by atoms with Gasteiger partial charge in [-0.3, -0.25) is 14.5 Å². The van der Waals surface area contributed by atoms with Gasteiger partial charge >= 0.3 is 0 Å². The lowest BCUT2D eigenvalue weighted by Gasteiger charge is -2.14. The predicted molar refractivity (Wildman–Crippen MR) is 78.2 cm³/mol. The number of thioether (sulfide) groups is 1. The molecule has 0 unspecified atom stereocenters. The minimum absolute atomic E-state index is 0.123. The average Bonchev–Trinajstić information content (AvgIpc) is 2.75. The quantitative estimate of drug-likeness (QED) is 0.868. The van der Waals surface area contributed by atoms with Gasteiger partial charge in [0.1, 0.15) is 0 Å². The maximum atomic E-state index is 11.4. The summed E-state index contributed by atoms with van der Waals surface area (Å²) < 4.78 is 0. The second kappa shape index (κ2) is 6.61. The Labute approximate surface area is 117 Å². The first-order chi connectivity index (χ1) is 9.20. The van der Waals surface area contributed by atoms with Crippen LogP contribution in [0.25, 0.3) is 0 Å². The van der Waals surface area contributed by atoms with Crippen molar-refractivity contribution in [2.24, 2.45) is 0 Å². The smallest absolute Gasteiger partial charge is 0.290 e. The number of unbranched alkanes of at least 4 members (excludes halogenated alkanes) is 1. The van der Waals surface area contributed by atoms with Crippen LogP contribution in [0.5, 0.6) is 0 Å². The number of carbonyl (C=O) groups excluding carboxylic acids is 2. The van der Waals surface area contributed by atoms with E-state index in [2.05, 4.69) is 24.4 Å². The molecular weight excluding hydrogens is 260 g/mol. The Hall–Kier alpha value is -1.49. The summed E-state index contributed by atoms with van der Waals surface area (Å²) in [5.74, 6) is 0.137. The number of nitrogens with zero attached hydrogens (tertiary/aromatic N) is 1. The normalized spacial score (nSPS) is 15.1. The molecule has 5 heteroatoms. The fourth-order valence-corrected chi connectivity index (χ4v) is 2.60. The van der Waals surface area contributed by atoms with E-state index < -0.39 is 0 Å². The van der Waals surface area contributed by atoms with Crippen LogP contribution in [-0.4, -0.2) is 28.5 Å². The van der Waals surface area contributed by atoms with E-state index in [1.165, 1.54) is 23.3 Å². The van der Waals surface area contributed by atoms with Crippen LogP contribution in [0.3, 0.4) is 0 Å². The standard InChI is InChI=1S/C14H18N2O2S/c1-2-3-4-11-5-7-12(8-6-11)15-10-16-13(17)9-19-14(16)18/h5-8,15H,2-4,9-10H2,1H3. The summed E-state index contributed by atoms with van der Waals surface area (Å²) in [4.78, 5) is 24.1. The summed E-state index contributed by atoms with van der Waals surface area (Å²) in [6, 6.07) is 8.15. The van der Waals surface area contributed by atoms with Crippen molar-refractivity contribution >= 4 is 28.6 Å². The van der Waals surface area contributed by atoms with Gasteiger partial charge in [0.15, 0.2) is 0 Å². The van der Waals surface area contributed by atoms with Crippen molar-refractivity contribution in [3.05, 3.63) is 29.8 Å². The largest absolute Gasteiger partial charge is 0.367 e. The van der Waals surface area contributed by atoms with E-state index in [1.54, 1.807) is 0 Å². The zero-order valence-corrected chi connectivity index (χ0v) is 11.8. The maximum Gasteiger partial charge on any atom is 0.290 e. The van der Waals surface area contributed by atoms with Crippen LogP contribution in [0.15, 0.2) is 24.3 Å². The molecule has 102 valence electrons. The molecule has 1 aliphatic heterocycles. The first kappa shape index (κ1) is 13.9. The molecule has 0 saturated carbocycles. The minimum Gasteiger partial charge on any atom is -0.367 e. The summed E-state index contributed by atoms with van der Waals surface area (Å²) >= 11 is 1.06. The topological polar surface area (TPSA) is 49.4 Å². The van der Waals surface area contributed by atoms with Crippen molar-refractivity contribution < 1.29 is 9.59 Å². The van der Waals surface area contributed by atoms with Gasteiger partial charge in [0.2, 0.25) is 5.91 Å². The molecule has 1 heterocycles. The summed E-state index contributed by atoms with van der Waals surface area (Å²) in [5, 5.41) is 2.93. The summed E-state index contributed by atoms with van der Waals surface area (Å²) in [6.07, 6.45) is 3.48. The van der Waals surface area contributed by atoms with E-state index in [4.69, 9.17) is 0 Å². The second-order valence-corrected chi connectivity index (χ2v) is 5.44. The van der Waals surface area contributed by atoms with Crippen molar-refractivity contribution in [2.45, 2.75) is 26.2 Å². The van der Waals surface area contributed by atoms with Gasteiger partial charge < -0.3 is 5.32 Å². The molecule has 1 aromatic carbocycles. The minimum atomic E-state index is -0.169. The number of benzene rings is 1. The molecule has 1 N–H and O–H groups in total. The van der Waals surface area contributed by atoms with Gasteiger partial charge in [0, 0.05) is 5.69 Å². The zero-order chi connectivity index (χ0) is 13.7. The highest BCUT2D eigenvalue weighted by Gasteiger charge is 2.29. The molecule has 0 spiro atoms. The molecule has 1 aromatic rings. The van der Waals surface area contributed by atoms with Gasteiger partial charge in [-0.1, -0.05) is 37.2 Å². The van der Waals surface area contributed by atoms with Gasteiger partial charge in [-0.25, -0.2) is 0 Å². The van der Waals surface area contributed by atoms with E-state index in [-0.39, 0.29) is 23.6 Å². The lowest BCUT2D eigenvalue weighted by molar-refractivity contribution is -0.124. The number of imide groups is 1. The van der Waals surface area contributed by atoms with Crippen LogP contribution in [0.2, 0.25) is 0 Å². The van der Waals surface area contributed by atoms with Gasteiger partial charge in [0.25, 0.3) is 5.24 Å². The van der Waals surface area contributed by atoms with Gasteiger partial charge in [0.05, 0.1) is 12.4 Å². The summed E-state index contributed by atoms with van der Waals surface area (Å²) in [7, 11) is 0. The molecule has 19 heavy (non-hydrogen) atoms. The molecular formula is C14H18N2O2S. The lowest BCUT2D eigenvalue weighted by atomic mass is 10.1. The number of hydrogen-bond donors (Lipinski definition) is 1. The third-order valence-corrected chi connectivity index (χ3v) is 3.91. The van der Waals surface area contributed by atoms with Crippen LogP contribution in [0.4, 0.5) is 10.5 Å². The number of nitrogens with one attached hydrogen (secondary N) is 1. The molecule has 2 rings (SSSR count). The average molecular weight is 278 g/mol. The maximum absolute atomic E-state index is 11.4. The van der Waals surface area contributed by atoms with Crippen molar-refractivity contribution in [1.29, 1.82) is 0 Å². The Morgan fingerprint density at radius 3 is 2.58 bits per heavy atom. The zero-order valence-electron chi connectivity index (χ0n) is 11.0. The van der Waals surface area contributed by atoms with E-state index in [0.29, 0.717) is 0 Å². The number of rotatable bonds is 6. The van der Waals surface area contributed by atoms with Crippen molar-refractivity contribution in [1.82, 2.24) is 4.90 Å². The van der Waals surface area contributed by atoms with E-state index >= 15 is 0 Å². The van der Waals surface area contributed by atoms with Crippen LogP contribution in [-0.2, 0) is 11.2 Å². The van der Waals surface area contributed by atoms with Crippen LogP contribution >= 0.6 is 11.8 Å². The molecule has 0 aliphatic carbocycles. The third-order valence-electron chi connectivity index (χ3n) is 3.05. The van der Waals surface area contributed by atoms with Crippen LogP contribution < -0.4 is 5.32 Å². The number of carbonyl (C=O) groups is 2. The Bertz CT molecular complexity index is 443. The molecule has 0 bridgehead atoms. The van der Waals surface area contributed by atoms with Crippen LogP contribution in [0, 0.1) is 0 Å². The Balaban J connectivity index is 1.86. The molecule has 0 aromatic heterocycles. The molecule has 4 nitrogen and oxygen atoms in total. The second-order valence-electron chi connectivity index (χ2n) is 4.51. The lowest BCUT2D eigenvalue weighted by Crippen LogP contribution is -2.33. The monoisotopic (exact) mass is 278 g/mol. The highest BCUT2D eigenvalue weighted by molar-refractivity contribution is 8.14. The Morgan fingerprint density at radius 1 is 1.26 bits per heavy atom. The molecule has 2 amide bonds. The van der Waals surface area contributed by atoms with Gasteiger partial charge in [-0.05, 0) is 30.5 Å². The third kappa shape index (κ3) is 3.73. The summed E-state index contributed by atoms with van der Waals surface area (Å²) in [5.41, 5.74) is 2.24. The summed E-state index contributed by atoms with van der Waals surface area (Å²) in [6.45, 7) is 2.43. The molecule has 0 atom stereocenters. The Kier molecular flexibility index (Phi) is 4.85. The SMILES string of the molecule is CCCCc1ccc(NCN2C(=O)CSC2=O)cc1. The first-order valence-corrected chi connectivity index (χ1v) is 7.49. The van der Waals surface area contributed by atoms with Crippen molar-refractivity contribution in [3.63, 3.8) is 0 Å². The first-order valence-electron chi connectivity index (χ1n) is 6.50. The molecule has 0 radical (unpaired) electrons. The van der Waals surface area contributed by atoms with Crippen LogP contribution in [0.1, 0.15) is 25.3 Å². The number of aryl methyl sites for hydroxylation is 1. The highest BCUT2D eigenvalue weighted by atomic mass is 32.2. The van der Waals surface area contributed by atoms with E-state index in [9.17, 15) is 9.59 Å². The molecule has 1 fully saturated rings. The fourth-order valence-electron chi connectivity index (χ4n) is 1.87. The van der Waals surface area contributed by atoms with Gasteiger partial charge in [-0.15, -0.1) is 0 Å². The van der Waals surface area contributed by atoms with Gasteiger partial charge in [-0.2, -0.15) is 0 Å². The van der Waals surface area contributed by atoms with E-state index in [0.717, 1.165) is 23.9 Å². The van der Waals surface area contributed by atoms with Crippen molar-refractivity contribution in [2.75, 3.05) is 17.7 Å². The Morgan fingerprint density at radius 2 is 2.00 bits per heavy atom.